The highest BCUT2D eigenvalue weighted by molar-refractivity contribution is 6.53. The number of rotatable bonds is 2. The topological polar surface area (TPSA) is 41.8 Å². The Labute approximate surface area is 264 Å². The summed E-state index contributed by atoms with van der Waals surface area (Å²) in [7, 11) is 1.33. The lowest BCUT2D eigenvalue weighted by Gasteiger charge is -2.39. The quantitative estimate of drug-likeness (QED) is 0.108. The second-order valence-electron chi connectivity index (χ2n) is 11.8. The van der Waals surface area contributed by atoms with Crippen LogP contribution in [0.15, 0.2) is 12.1 Å². The number of aryl methyl sites for hydroxylation is 2. The molecule has 0 aliphatic carbocycles. The molecule has 0 radical (unpaired) electrons. The zero-order valence-corrected chi connectivity index (χ0v) is 26.3. The summed E-state index contributed by atoms with van der Waals surface area (Å²) in [6.07, 6.45) is 8.13. The lowest BCUT2D eigenvalue weighted by atomic mass is 9.81. The monoisotopic (exact) mass is 641 g/mol. The number of hydrogen-bond donors (Lipinski definition) is 0. The van der Waals surface area contributed by atoms with E-state index < -0.39 is 5.97 Å². The first kappa shape index (κ1) is 27.1. The number of hydrogen-bond acceptors (Lipinski definition) is 4. The number of nitrogens with zero attached hydrogens (tertiary/aromatic N) is 2. The van der Waals surface area contributed by atoms with E-state index in [4.69, 9.17) is 55.9 Å². The third kappa shape index (κ3) is 3.76. The van der Waals surface area contributed by atoms with Gasteiger partial charge in [-0.25, -0.2) is 9.37 Å². The first-order valence-electron chi connectivity index (χ1n) is 14.8. The van der Waals surface area contributed by atoms with Crippen LogP contribution in [0.1, 0.15) is 69.4 Å². The van der Waals surface area contributed by atoms with Crippen molar-refractivity contribution in [3.63, 3.8) is 0 Å². The number of ether oxygens (including phenoxy) is 2. The summed E-state index contributed by atoms with van der Waals surface area (Å²) in [4.78, 5) is 15.9. The molecule has 0 unspecified atom stereocenters. The molecular weight excluding hydrogens is 614 g/mol. The standard InChI is InChI=1S/C33H29Cl4N2O3/c1-41-33(40)24-23(25(34)27(36)28(37)26(24)35)22-20-14-16-6-2-10-38-12-4-8-18(29(16)38)31(20)42-32-19-9-5-13-39-11-3-7-17(30(19)39)15-21(22)32/h14-15H,2-13H2,1H3/q+1. The fraction of sp³-hybridized carbons (Fsp3) is 0.394. The number of carbonyl (C=O) groups is 1. The van der Waals surface area contributed by atoms with E-state index >= 15 is 0 Å². The maximum Gasteiger partial charge on any atom is 0.340 e. The van der Waals surface area contributed by atoms with Crippen molar-refractivity contribution in [2.75, 3.05) is 38.2 Å². The van der Waals surface area contributed by atoms with Gasteiger partial charge in [0.25, 0.3) is 0 Å². The minimum absolute atomic E-state index is 0.0333. The van der Waals surface area contributed by atoms with Gasteiger partial charge in [-0.15, -0.1) is 0 Å². The van der Waals surface area contributed by atoms with Crippen molar-refractivity contribution >= 4 is 63.6 Å². The van der Waals surface area contributed by atoms with Gasteiger partial charge in [-0.05, 0) is 56.2 Å². The van der Waals surface area contributed by atoms with Crippen molar-refractivity contribution in [2.45, 2.75) is 51.4 Å². The molecule has 0 saturated heterocycles. The van der Waals surface area contributed by atoms with Crippen molar-refractivity contribution in [2.24, 2.45) is 0 Å². The normalized spacial score (nSPS) is 18.1. The van der Waals surface area contributed by atoms with Gasteiger partial charge in [-0.2, -0.15) is 0 Å². The van der Waals surface area contributed by atoms with Gasteiger partial charge in [0, 0.05) is 64.7 Å². The lowest BCUT2D eigenvalue weighted by Crippen LogP contribution is -2.45. The van der Waals surface area contributed by atoms with Gasteiger partial charge in [0.1, 0.15) is 24.6 Å². The minimum atomic E-state index is -0.617. The van der Waals surface area contributed by atoms with Gasteiger partial charge in [-0.1, -0.05) is 46.4 Å². The molecular formula is C33H29Cl4N2O3+. The maximum atomic E-state index is 13.4. The molecule has 0 saturated carbocycles. The van der Waals surface area contributed by atoms with E-state index in [-0.39, 0.29) is 25.7 Å². The molecule has 8 rings (SSSR count). The van der Waals surface area contributed by atoms with Crippen LogP contribution in [0.5, 0.6) is 11.5 Å². The predicted molar refractivity (Wildman–Crippen MR) is 168 cm³/mol. The van der Waals surface area contributed by atoms with Crippen molar-refractivity contribution in [1.82, 2.24) is 4.58 Å². The number of halogens is 4. The van der Waals surface area contributed by atoms with E-state index in [0.29, 0.717) is 5.56 Å². The number of benzene rings is 3. The van der Waals surface area contributed by atoms with Crippen molar-refractivity contribution in [3.05, 3.63) is 81.7 Å². The van der Waals surface area contributed by atoms with Gasteiger partial charge in [0.2, 0.25) is 5.36 Å². The molecule has 3 aromatic rings. The van der Waals surface area contributed by atoms with E-state index in [0.717, 1.165) is 105 Å². The van der Waals surface area contributed by atoms with Crippen LogP contribution in [0, 0.1) is 0 Å². The Morgan fingerprint density at radius 1 is 0.833 bits per heavy atom. The Morgan fingerprint density at radius 2 is 1.52 bits per heavy atom. The zero-order valence-electron chi connectivity index (χ0n) is 23.3. The van der Waals surface area contributed by atoms with E-state index in [1.54, 1.807) is 0 Å². The van der Waals surface area contributed by atoms with Crippen molar-refractivity contribution in [1.29, 1.82) is 0 Å². The number of methoxy groups -OCH3 is 1. The molecule has 0 amide bonds. The van der Waals surface area contributed by atoms with E-state index in [2.05, 4.69) is 21.6 Å². The molecule has 0 fully saturated rings. The van der Waals surface area contributed by atoms with Crippen molar-refractivity contribution in [3.8, 4) is 11.5 Å². The molecule has 42 heavy (non-hydrogen) atoms. The Kier molecular flexibility index (Phi) is 6.49. The van der Waals surface area contributed by atoms with E-state index in [1.807, 2.05) is 0 Å². The Bertz CT molecular complexity index is 1880. The van der Waals surface area contributed by atoms with Crippen LogP contribution in [-0.4, -0.2) is 39.3 Å². The van der Waals surface area contributed by atoms with Crippen LogP contribution < -0.4 is 24.8 Å². The average Bonchev–Trinajstić information content (AvgIpc) is 3.01. The minimum Gasteiger partial charge on any atom is -0.465 e. The van der Waals surface area contributed by atoms with Crippen LogP contribution in [0.4, 0.5) is 5.69 Å². The van der Waals surface area contributed by atoms with Crippen LogP contribution in [0.3, 0.4) is 0 Å². The SMILES string of the molecule is COC(=O)c1c(Cl)c(Cl)c(Cl)c(Cl)c1C1=c2cc3c4c(c2Oc2c1cc1c5c2CCCN5CCC1)CCC[N+]=4CCC3. The molecule has 5 heterocycles. The fourth-order valence-corrected chi connectivity index (χ4v) is 8.97. The summed E-state index contributed by atoms with van der Waals surface area (Å²) in [6, 6.07) is 4.49. The number of esters is 1. The Hall–Kier alpha value is -2.44. The molecule has 216 valence electrons. The van der Waals surface area contributed by atoms with Crippen LogP contribution in [-0.2, 0) is 30.4 Å². The van der Waals surface area contributed by atoms with Crippen LogP contribution >= 0.6 is 46.4 Å². The summed E-state index contributed by atoms with van der Waals surface area (Å²) in [5.41, 5.74) is 8.66. The Morgan fingerprint density at radius 3 is 2.31 bits per heavy atom. The van der Waals surface area contributed by atoms with E-state index in [1.165, 1.54) is 40.4 Å². The van der Waals surface area contributed by atoms with Crippen LogP contribution in [0.2, 0.25) is 20.1 Å². The van der Waals surface area contributed by atoms with Gasteiger partial charge in [-0.3, -0.25) is 0 Å². The van der Waals surface area contributed by atoms with Gasteiger partial charge < -0.3 is 14.4 Å². The third-order valence-corrected chi connectivity index (χ3v) is 11.4. The molecule has 9 heteroatoms. The smallest absolute Gasteiger partial charge is 0.340 e. The fourth-order valence-electron chi connectivity index (χ4n) is 7.94. The summed E-state index contributed by atoms with van der Waals surface area (Å²) >= 11 is 27.1. The van der Waals surface area contributed by atoms with Gasteiger partial charge in [0.15, 0.2) is 0 Å². The molecule has 5 nitrogen and oxygen atoms in total. The summed E-state index contributed by atoms with van der Waals surface area (Å²) in [5, 5.41) is 2.59. The van der Waals surface area contributed by atoms with E-state index in [9.17, 15) is 4.79 Å². The first-order chi connectivity index (χ1) is 20.4. The van der Waals surface area contributed by atoms with Crippen LogP contribution in [0.25, 0.3) is 5.57 Å². The number of anilines is 1. The highest BCUT2D eigenvalue weighted by atomic mass is 35.5. The highest BCUT2D eigenvalue weighted by Crippen LogP contribution is 2.52. The lowest BCUT2D eigenvalue weighted by molar-refractivity contribution is 0.0600. The zero-order chi connectivity index (χ0) is 28.9. The largest absolute Gasteiger partial charge is 0.465 e. The molecule has 0 atom stereocenters. The summed E-state index contributed by atoms with van der Waals surface area (Å²) in [5.74, 6) is 1.08. The molecule has 0 bridgehead atoms. The molecule has 0 spiro atoms. The number of fused-ring (bicyclic) bond motifs is 4. The molecule has 5 aliphatic heterocycles. The maximum absolute atomic E-state index is 13.4. The predicted octanol–water partition coefficient (Wildman–Crippen LogP) is 6.52. The summed E-state index contributed by atoms with van der Waals surface area (Å²) < 4.78 is 14.9. The van der Waals surface area contributed by atoms with Gasteiger partial charge >= 0.3 is 5.97 Å². The Balaban J connectivity index is 1.59. The van der Waals surface area contributed by atoms with Gasteiger partial charge in [0.05, 0.1) is 38.3 Å². The number of carbonyl (C=O) groups excluding carboxylic acids is 1. The van der Waals surface area contributed by atoms with Crippen molar-refractivity contribution < 1.29 is 14.3 Å². The molecule has 5 aliphatic rings. The molecule has 0 aromatic heterocycles. The third-order valence-electron chi connectivity index (χ3n) is 9.59. The molecule has 0 N–H and O–H groups in total. The summed E-state index contributed by atoms with van der Waals surface area (Å²) in [6.45, 7) is 4.22. The average molecular weight is 643 g/mol. The second-order valence-corrected chi connectivity index (χ2v) is 13.4. The molecule has 3 aromatic carbocycles. The second kappa shape index (κ2) is 10.1. The first-order valence-corrected chi connectivity index (χ1v) is 16.3. The highest BCUT2D eigenvalue weighted by Gasteiger charge is 2.38.